The number of nitrogens with zero attached hydrogens (tertiary/aromatic N) is 2. The van der Waals surface area contributed by atoms with Crippen molar-refractivity contribution >= 4 is 5.82 Å². The summed E-state index contributed by atoms with van der Waals surface area (Å²) in [4.78, 5) is 6.99. The Bertz CT molecular complexity index is 385. The average molecular weight is 261 g/mol. The maximum Gasteiger partial charge on any atom is 0.126 e. The highest BCUT2D eigenvalue weighted by Gasteiger charge is 2.28. The molecule has 1 saturated carbocycles. The van der Waals surface area contributed by atoms with Crippen molar-refractivity contribution < 1.29 is 0 Å². The lowest BCUT2D eigenvalue weighted by Crippen LogP contribution is -2.27. The number of nitrogens with one attached hydrogen (secondary N) is 1. The number of pyridine rings is 1. The topological polar surface area (TPSA) is 28.2 Å². The van der Waals surface area contributed by atoms with Gasteiger partial charge in [-0.2, -0.15) is 0 Å². The molecule has 0 aliphatic heterocycles. The molecule has 2 rings (SSSR count). The molecule has 19 heavy (non-hydrogen) atoms. The standard InChI is InChI=1S/C16H27N3/c1-4-17-16-11-14(7-9-18-16)12-19(15-5-6-15)10-8-13(2)3/h7,9,11,13,15H,4-6,8,10,12H2,1-3H3,(H,17,18). The van der Waals surface area contributed by atoms with Gasteiger partial charge in [-0.3, -0.25) is 4.90 Å². The Morgan fingerprint density at radius 3 is 2.84 bits per heavy atom. The molecule has 1 aromatic rings. The molecular formula is C16H27N3. The van der Waals surface area contributed by atoms with Crippen LogP contribution in [0.2, 0.25) is 0 Å². The van der Waals surface area contributed by atoms with Gasteiger partial charge < -0.3 is 5.32 Å². The summed E-state index contributed by atoms with van der Waals surface area (Å²) in [6.45, 7) is 9.94. The van der Waals surface area contributed by atoms with Gasteiger partial charge in [0, 0.05) is 25.3 Å². The maximum absolute atomic E-state index is 4.34. The lowest BCUT2D eigenvalue weighted by molar-refractivity contribution is 0.239. The molecule has 1 heterocycles. The lowest BCUT2D eigenvalue weighted by Gasteiger charge is -2.23. The molecule has 0 spiro atoms. The van der Waals surface area contributed by atoms with Crippen molar-refractivity contribution in [1.29, 1.82) is 0 Å². The Labute approximate surface area is 117 Å². The Balaban J connectivity index is 1.94. The van der Waals surface area contributed by atoms with E-state index in [1.54, 1.807) is 0 Å². The van der Waals surface area contributed by atoms with E-state index < -0.39 is 0 Å². The monoisotopic (exact) mass is 261 g/mol. The summed E-state index contributed by atoms with van der Waals surface area (Å²) < 4.78 is 0. The van der Waals surface area contributed by atoms with E-state index in [1.165, 1.54) is 31.4 Å². The Morgan fingerprint density at radius 2 is 2.21 bits per heavy atom. The summed E-state index contributed by atoms with van der Waals surface area (Å²) >= 11 is 0. The second kappa shape index (κ2) is 6.90. The molecule has 0 aromatic carbocycles. The van der Waals surface area contributed by atoms with Gasteiger partial charge in [-0.15, -0.1) is 0 Å². The molecule has 0 atom stereocenters. The fourth-order valence-electron chi connectivity index (χ4n) is 2.34. The molecule has 3 heteroatoms. The van der Waals surface area contributed by atoms with Crippen molar-refractivity contribution in [2.24, 2.45) is 5.92 Å². The summed E-state index contributed by atoms with van der Waals surface area (Å²) in [5, 5.41) is 3.29. The van der Waals surface area contributed by atoms with Crippen LogP contribution in [0.4, 0.5) is 5.82 Å². The van der Waals surface area contributed by atoms with Crippen LogP contribution >= 0.6 is 0 Å². The van der Waals surface area contributed by atoms with Crippen LogP contribution in [-0.2, 0) is 6.54 Å². The third kappa shape index (κ3) is 4.83. The zero-order valence-electron chi connectivity index (χ0n) is 12.5. The van der Waals surface area contributed by atoms with Crippen LogP contribution < -0.4 is 5.32 Å². The molecule has 1 aromatic heterocycles. The smallest absolute Gasteiger partial charge is 0.126 e. The largest absolute Gasteiger partial charge is 0.370 e. The van der Waals surface area contributed by atoms with Crippen LogP contribution in [0.3, 0.4) is 0 Å². The molecule has 1 aliphatic carbocycles. The molecule has 0 radical (unpaired) electrons. The Kier molecular flexibility index (Phi) is 5.20. The normalized spacial score (nSPS) is 15.2. The Morgan fingerprint density at radius 1 is 1.42 bits per heavy atom. The summed E-state index contributed by atoms with van der Waals surface area (Å²) in [5.41, 5.74) is 1.38. The van der Waals surface area contributed by atoms with Crippen molar-refractivity contribution in [2.75, 3.05) is 18.4 Å². The molecule has 0 saturated heterocycles. The molecular weight excluding hydrogens is 234 g/mol. The molecule has 106 valence electrons. The fraction of sp³-hybridized carbons (Fsp3) is 0.688. The van der Waals surface area contributed by atoms with E-state index in [0.29, 0.717) is 0 Å². The van der Waals surface area contributed by atoms with Crippen molar-refractivity contribution in [3.05, 3.63) is 23.9 Å². The number of rotatable bonds is 8. The van der Waals surface area contributed by atoms with E-state index in [0.717, 1.165) is 30.9 Å². The van der Waals surface area contributed by atoms with Gasteiger partial charge in [-0.05, 0) is 56.3 Å². The summed E-state index contributed by atoms with van der Waals surface area (Å²) in [5.74, 6) is 1.79. The highest BCUT2D eigenvalue weighted by atomic mass is 15.2. The van der Waals surface area contributed by atoms with E-state index in [9.17, 15) is 0 Å². The average Bonchev–Trinajstić information content (AvgIpc) is 3.19. The van der Waals surface area contributed by atoms with Crippen LogP contribution in [0.15, 0.2) is 18.3 Å². The summed E-state index contributed by atoms with van der Waals surface area (Å²) in [6.07, 6.45) is 5.97. The van der Waals surface area contributed by atoms with Crippen molar-refractivity contribution in [1.82, 2.24) is 9.88 Å². The van der Waals surface area contributed by atoms with Crippen LogP contribution in [-0.4, -0.2) is 29.0 Å². The highest BCUT2D eigenvalue weighted by molar-refractivity contribution is 5.37. The second-order valence-electron chi connectivity index (χ2n) is 5.96. The van der Waals surface area contributed by atoms with Crippen molar-refractivity contribution in [2.45, 2.75) is 52.6 Å². The van der Waals surface area contributed by atoms with E-state index in [2.05, 4.69) is 48.1 Å². The molecule has 0 unspecified atom stereocenters. The first-order valence-electron chi connectivity index (χ1n) is 7.62. The molecule has 1 aliphatic rings. The van der Waals surface area contributed by atoms with Gasteiger partial charge in [0.05, 0.1) is 0 Å². The third-order valence-corrected chi connectivity index (χ3v) is 3.62. The quantitative estimate of drug-likeness (QED) is 0.776. The van der Waals surface area contributed by atoms with Crippen molar-refractivity contribution in [3.63, 3.8) is 0 Å². The van der Waals surface area contributed by atoms with Crippen LogP contribution in [0.1, 0.15) is 45.6 Å². The molecule has 1 N–H and O–H groups in total. The second-order valence-corrected chi connectivity index (χ2v) is 5.96. The minimum Gasteiger partial charge on any atom is -0.370 e. The highest BCUT2D eigenvalue weighted by Crippen LogP contribution is 2.29. The molecule has 0 amide bonds. The molecule has 3 nitrogen and oxygen atoms in total. The predicted molar refractivity (Wildman–Crippen MR) is 81.3 cm³/mol. The van der Waals surface area contributed by atoms with Gasteiger partial charge in [0.15, 0.2) is 0 Å². The number of hydrogen-bond acceptors (Lipinski definition) is 3. The Hall–Kier alpha value is -1.09. The number of hydrogen-bond donors (Lipinski definition) is 1. The van der Waals surface area contributed by atoms with Crippen LogP contribution in [0.5, 0.6) is 0 Å². The number of aromatic nitrogens is 1. The zero-order chi connectivity index (χ0) is 13.7. The van der Waals surface area contributed by atoms with E-state index in [1.807, 2.05) is 6.20 Å². The van der Waals surface area contributed by atoms with E-state index in [4.69, 9.17) is 0 Å². The summed E-state index contributed by atoms with van der Waals surface area (Å²) in [7, 11) is 0. The SMILES string of the molecule is CCNc1cc(CN(CCC(C)C)C2CC2)ccn1. The lowest BCUT2D eigenvalue weighted by atomic mass is 10.1. The van der Waals surface area contributed by atoms with Gasteiger partial charge in [0.25, 0.3) is 0 Å². The minimum atomic E-state index is 0.788. The number of anilines is 1. The molecule has 1 fully saturated rings. The van der Waals surface area contributed by atoms with Gasteiger partial charge in [-0.25, -0.2) is 4.98 Å². The third-order valence-electron chi connectivity index (χ3n) is 3.62. The van der Waals surface area contributed by atoms with E-state index >= 15 is 0 Å². The van der Waals surface area contributed by atoms with Crippen LogP contribution in [0.25, 0.3) is 0 Å². The first kappa shape index (κ1) is 14.3. The maximum atomic E-state index is 4.34. The van der Waals surface area contributed by atoms with Crippen molar-refractivity contribution in [3.8, 4) is 0 Å². The summed E-state index contributed by atoms with van der Waals surface area (Å²) in [6, 6.07) is 5.16. The van der Waals surface area contributed by atoms with E-state index in [-0.39, 0.29) is 0 Å². The molecule has 0 bridgehead atoms. The van der Waals surface area contributed by atoms with Gasteiger partial charge >= 0.3 is 0 Å². The van der Waals surface area contributed by atoms with Gasteiger partial charge in [0.1, 0.15) is 5.82 Å². The van der Waals surface area contributed by atoms with Gasteiger partial charge in [-0.1, -0.05) is 13.8 Å². The predicted octanol–water partition coefficient (Wildman–Crippen LogP) is 3.52. The first-order chi connectivity index (χ1) is 9.19. The first-order valence-corrected chi connectivity index (χ1v) is 7.62. The minimum absolute atomic E-state index is 0.788. The van der Waals surface area contributed by atoms with Crippen LogP contribution in [0, 0.1) is 5.92 Å². The fourth-order valence-corrected chi connectivity index (χ4v) is 2.34. The zero-order valence-corrected chi connectivity index (χ0v) is 12.5. The van der Waals surface area contributed by atoms with Gasteiger partial charge in [0.2, 0.25) is 0 Å².